The number of benzene rings is 3. The lowest BCUT2D eigenvalue weighted by Gasteiger charge is -2.25. The van der Waals surface area contributed by atoms with Gasteiger partial charge in [0.2, 0.25) is 0 Å². The summed E-state index contributed by atoms with van der Waals surface area (Å²) in [5.74, 6) is -0.923. The number of esters is 1. The first-order valence-electron chi connectivity index (χ1n) is 9.78. The third-order valence-electron chi connectivity index (χ3n) is 5.29. The second-order valence-corrected chi connectivity index (χ2v) is 7.61. The van der Waals surface area contributed by atoms with Gasteiger partial charge in [0, 0.05) is 18.1 Å². The van der Waals surface area contributed by atoms with Gasteiger partial charge in [-0.2, -0.15) is 0 Å². The molecule has 1 unspecified atom stereocenters. The monoisotopic (exact) mass is 416 g/mol. The Morgan fingerprint density at radius 3 is 2.45 bits per heavy atom. The fraction of sp³-hybridized carbons (Fsp3) is 0.167. The van der Waals surface area contributed by atoms with E-state index in [2.05, 4.69) is 5.32 Å². The molecule has 0 fully saturated rings. The van der Waals surface area contributed by atoms with E-state index in [9.17, 15) is 19.7 Å². The highest BCUT2D eigenvalue weighted by Gasteiger charge is 2.28. The number of aryl methyl sites for hydroxylation is 2. The van der Waals surface area contributed by atoms with Crippen molar-refractivity contribution >= 4 is 23.3 Å². The number of amides is 1. The van der Waals surface area contributed by atoms with Crippen LogP contribution in [0.1, 0.15) is 49.1 Å². The van der Waals surface area contributed by atoms with E-state index in [4.69, 9.17) is 4.74 Å². The molecule has 1 N–H and O–H groups in total. The molecule has 3 aromatic carbocycles. The average Bonchev–Trinajstić information content (AvgIpc) is 2.74. The molecule has 1 atom stereocenters. The highest BCUT2D eigenvalue weighted by atomic mass is 16.6. The van der Waals surface area contributed by atoms with Crippen molar-refractivity contribution in [2.24, 2.45) is 0 Å². The number of carbonyl (C=O) groups excluding carboxylic acids is 2. The van der Waals surface area contributed by atoms with Crippen LogP contribution in [-0.2, 0) is 11.2 Å². The number of rotatable bonds is 4. The molecule has 0 bridgehead atoms. The predicted octanol–water partition coefficient (Wildman–Crippen LogP) is 4.92. The Bertz CT molecular complexity index is 1200. The Morgan fingerprint density at radius 2 is 1.74 bits per heavy atom. The molecule has 156 valence electrons. The molecule has 1 amide bonds. The fourth-order valence-electron chi connectivity index (χ4n) is 3.60. The van der Waals surface area contributed by atoms with Crippen LogP contribution in [0.3, 0.4) is 0 Å². The Balaban J connectivity index is 1.60. The van der Waals surface area contributed by atoms with Gasteiger partial charge in [-0.05, 0) is 54.8 Å². The summed E-state index contributed by atoms with van der Waals surface area (Å²) in [6.45, 7) is 3.72. The van der Waals surface area contributed by atoms with E-state index in [1.807, 2.05) is 31.2 Å². The summed E-state index contributed by atoms with van der Waals surface area (Å²) in [5.41, 5.74) is 4.09. The number of nitro benzene ring substituents is 1. The molecule has 1 aliphatic heterocycles. The maximum Gasteiger partial charge on any atom is 0.339 e. The molecule has 4 rings (SSSR count). The molecule has 0 aliphatic carbocycles. The molecular weight excluding hydrogens is 396 g/mol. The molecule has 1 aliphatic rings. The van der Waals surface area contributed by atoms with Crippen LogP contribution < -0.4 is 5.32 Å². The minimum Gasteiger partial charge on any atom is -0.454 e. The quantitative estimate of drug-likeness (QED) is 0.370. The van der Waals surface area contributed by atoms with E-state index in [0.717, 1.165) is 16.7 Å². The zero-order valence-corrected chi connectivity index (χ0v) is 17.0. The predicted molar refractivity (Wildman–Crippen MR) is 115 cm³/mol. The van der Waals surface area contributed by atoms with E-state index < -0.39 is 22.9 Å². The van der Waals surface area contributed by atoms with Crippen LogP contribution in [0.25, 0.3) is 0 Å². The molecule has 0 spiro atoms. The Hall–Kier alpha value is -4.00. The van der Waals surface area contributed by atoms with E-state index in [0.29, 0.717) is 23.1 Å². The van der Waals surface area contributed by atoms with Gasteiger partial charge in [0.25, 0.3) is 11.6 Å². The summed E-state index contributed by atoms with van der Waals surface area (Å²) in [5, 5.41) is 13.9. The molecule has 1 heterocycles. The van der Waals surface area contributed by atoms with Crippen LogP contribution in [0.5, 0.6) is 0 Å². The van der Waals surface area contributed by atoms with E-state index in [1.54, 1.807) is 25.1 Å². The zero-order valence-electron chi connectivity index (χ0n) is 17.0. The third-order valence-corrected chi connectivity index (χ3v) is 5.29. The first-order valence-corrected chi connectivity index (χ1v) is 9.78. The van der Waals surface area contributed by atoms with Crippen LogP contribution in [-0.4, -0.2) is 16.8 Å². The number of fused-ring (bicyclic) bond motifs is 1. The van der Waals surface area contributed by atoms with Gasteiger partial charge < -0.3 is 10.1 Å². The van der Waals surface area contributed by atoms with Crippen LogP contribution in [0.2, 0.25) is 0 Å². The average molecular weight is 416 g/mol. The lowest BCUT2D eigenvalue weighted by atomic mass is 9.92. The van der Waals surface area contributed by atoms with Crippen molar-refractivity contribution in [3.8, 4) is 0 Å². The second kappa shape index (κ2) is 8.02. The number of hydrogen-bond donors (Lipinski definition) is 1. The molecule has 7 nitrogen and oxygen atoms in total. The number of ether oxygens (including phenoxy) is 1. The van der Waals surface area contributed by atoms with Crippen molar-refractivity contribution in [1.29, 1.82) is 0 Å². The standard InChI is InChI=1S/C24H20N2O5/c1-14-3-6-16(7-4-14)22-13-18-12-17(8-9-19(18)24(28)31-22)23(27)25-20-10-5-15(2)11-21(20)26(29)30/h3-12,22H,13H2,1-2H3,(H,25,27). The molecule has 31 heavy (non-hydrogen) atoms. The van der Waals surface area contributed by atoms with Crippen molar-refractivity contribution in [2.75, 3.05) is 5.32 Å². The first-order chi connectivity index (χ1) is 14.8. The summed E-state index contributed by atoms with van der Waals surface area (Å²) in [6.07, 6.45) is 0.00717. The van der Waals surface area contributed by atoms with Crippen LogP contribution in [0.4, 0.5) is 11.4 Å². The SMILES string of the molecule is Cc1ccc(C2Cc3cc(C(=O)Nc4ccc(C)cc4[N+](=O)[O-])ccc3C(=O)O2)cc1. The molecule has 0 saturated carbocycles. The number of nitrogens with zero attached hydrogens (tertiary/aromatic N) is 1. The van der Waals surface area contributed by atoms with Gasteiger partial charge in [-0.25, -0.2) is 4.79 Å². The maximum atomic E-state index is 12.8. The minimum atomic E-state index is -0.530. The van der Waals surface area contributed by atoms with Gasteiger partial charge in [0.1, 0.15) is 11.8 Å². The van der Waals surface area contributed by atoms with Crippen molar-refractivity contribution in [2.45, 2.75) is 26.4 Å². The largest absolute Gasteiger partial charge is 0.454 e. The Morgan fingerprint density at radius 1 is 1.03 bits per heavy atom. The van der Waals surface area contributed by atoms with Crippen molar-refractivity contribution in [1.82, 2.24) is 0 Å². The van der Waals surface area contributed by atoms with Crippen molar-refractivity contribution in [3.63, 3.8) is 0 Å². The van der Waals surface area contributed by atoms with Gasteiger partial charge in [-0.3, -0.25) is 14.9 Å². The smallest absolute Gasteiger partial charge is 0.339 e. The highest BCUT2D eigenvalue weighted by Crippen LogP contribution is 2.32. The summed E-state index contributed by atoms with van der Waals surface area (Å²) in [6, 6.07) is 17.1. The minimum absolute atomic E-state index is 0.121. The fourth-order valence-corrected chi connectivity index (χ4v) is 3.60. The van der Waals surface area contributed by atoms with E-state index >= 15 is 0 Å². The number of hydrogen-bond acceptors (Lipinski definition) is 5. The number of nitro groups is 1. The topological polar surface area (TPSA) is 98.5 Å². The third kappa shape index (κ3) is 4.16. The molecular formula is C24H20N2O5. The van der Waals surface area contributed by atoms with Crippen molar-refractivity contribution < 1.29 is 19.2 Å². The summed E-state index contributed by atoms with van der Waals surface area (Å²) in [4.78, 5) is 36.0. The Labute approximate surface area is 178 Å². The molecule has 7 heteroatoms. The van der Waals surface area contributed by atoms with Crippen LogP contribution in [0.15, 0.2) is 60.7 Å². The normalized spacial score (nSPS) is 15.0. The lowest BCUT2D eigenvalue weighted by molar-refractivity contribution is -0.384. The highest BCUT2D eigenvalue weighted by molar-refractivity contribution is 6.06. The maximum absolute atomic E-state index is 12.8. The van der Waals surface area contributed by atoms with E-state index in [-0.39, 0.29) is 11.4 Å². The summed E-state index contributed by atoms with van der Waals surface area (Å²) >= 11 is 0. The summed E-state index contributed by atoms with van der Waals surface area (Å²) in [7, 11) is 0. The summed E-state index contributed by atoms with van der Waals surface area (Å²) < 4.78 is 5.57. The van der Waals surface area contributed by atoms with Gasteiger partial charge in [0.05, 0.1) is 10.5 Å². The van der Waals surface area contributed by atoms with E-state index in [1.165, 1.54) is 18.2 Å². The molecule has 0 radical (unpaired) electrons. The van der Waals surface area contributed by atoms with Crippen molar-refractivity contribution in [3.05, 3.63) is 104 Å². The van der Waals surface area contributed by atoms with Gasteiger partial charge in [-0.15, -0.1) is 0 Å². The number of nitrogens with one attached hydrogen (secondary N) is 1. The molecule has 0 saturated heterocycles. The Kier molecular flexibility index (Phi) is 5.25. The number of cyclic esters (lactones) is 1. The van der Waals surface area contributed by atoms with Crippen LogP contribution in [0, 0.1) is 24.0 Å². The van der Waals surface area contributed by atoms with Crippen LogP contribution >= 0.6 is 0 Å². The lowest BCUT2D eigenvalue weighted by Crippen LogP contribution is -2.23. The van der Waals surface area contributed by atoms with Gasteiger partial charge >= 0.3 is 5.97 Å². The number of anilines is 1. The molecule has 0 aromatic heterocycles. The first kappa shape index (κ1) is 20.3. The zero-order chi connectivity index (χ0) is 22.1. The van der Waals surface area contributed by atoms with Gasteiger partial charge in [0.15, 0.2) is 0 Å². The molecule has 3 aromatic rings. The van der Waals surface area contributed by atoms with Gasteiger partial charge in [-0.1, -0.05) is 35.9 Å². The second-order valence-electron chi connectivity index (χ2n) is 7.61. The number of carbonyl (C=O) groups is 2.